The maximum atomic E-state index is 14.3. The molecule has 0 N–H and O–H groups in total. The molecule has 0 spiro atoms. The van der Waals surface area contributed by atoms with Gasteiger partial charge in [-0.15, -0.1) is 11.8 Å². The summed E-state index contributed by atoms with van der Waals surface area (Å²) in [7, 11) is 0. The Morgan fingerprint density at radius 3 is 1.92 bits per heavy atom. The van der Waals surface area contributed by atoms with Gasteiger partial charge in [0.2, 0.25) is 0 Å². The summed E-state index contributed by atoms with van der Waals surface area (Å²) in [6.45, 7) is 3.55. The van der Waals surface area contributed by atoms with Crippen molar-refractivity contribution in [1.29, 1.82) is 0 Å². The van der Waals surface area contributed by atoms with Gasteiger partial charge in [-0.25, -0.2) is 17.6 Å². The normalized spacial score (nSPS) is 10.8. The molecule has 2 aromatic carbocycles. The van der Waals surface area contributed by atoms with Gasteiger partial charge in [0.05, 0.1) is 4.90 Å². The fraction of sp³-hybridized carbons (Fsp3) is 0.278. The molecule has 0 aromatic heterocycles. The largest absolute Gasteiger partial charge is 0.339 e. The van der Waals surface area contributed by atoms with Gasteiger partial charge in [-0.3, -0.25) is 4.79 Å². The summed E-state index contributed by atoms with van der Waals surface area (Å²) in [6, 6.07) is 8.73. The second-order valence-corrected chi connectivity index (χ2v) is 6.20. The molecule has 0 aliphatic rings. The predicted octanol–water partition coefficient (Wildman–Crippen LogP) is 5.02. The number of benzene rings is 2. The summed E-state index contributed by atoms with van der Waals surface area (Å²) < 4.78 is 57.1. The number of nitrogens with zero attached hydrogens (tertiary/aromatic N) is 1. The van der Waals surface area contributed by atoms with E-state index in [0.717, 1.165) is 10.5 Å². The zero-order chi connectivity index (χ0) is 18.6. The summed E-state index contributed by atoms with van der Waals surface area (Å²) in [5.74, 6) is -7.35. The van der Waals surface area contributed by atoms with Crippen molar-refractivity contribution >= 4 is 17.7 Å². The Balaban J connectivity index is 2.40. The number of hydrogen-bond donors (Lipinski definition) is 0. The smallest absolute Gasteiger partial charge is 0.260 e. The van der Waals surface area contributed by atoms with E-state index in [2.05, 4.69) is 0 Å². The molecule has 0 atom stereocenters. The average molecular weight is 371 g/mol. The van der Waals surface area contributed by atoms with Crippen molar-refractivity contribution in [3.63, 3.8) is 0 Å². The van der Waals surface area contributed by atoms with Crippen molar-refractivity contribution in [3.8, 4) is 0 Å². The van der Waals surface area contributed by atoms with Crippen LogP contribution in [0.5, 0.6) is 0 Å². The molecule has 2 nitrogen and oxygen atoms in total. The lowest BCUT2D eigenvalue weighted by Crippen LogP contribution is -2.32. The molecule has 2 rings (SSSR count). The summed E-state index contributed by atoms with van der Waals surface area (Å²) in [5, 5.41) is 0. The molecule has 0 fully saturated rings. The second-order valence-electron chi connectivity index (χ2n) is 5.21. The molecule has 0 saturated heterocycles. The summed E-state index contributed by atoms with van der Waals surface area (Å²) in [6.07, 6.45) is 0. The molecule has 25 heavy (non-hydrogen) atoms. The molecule has 2 aromatic rings. The minimum atomic E-state index is -1.66. The Kier molecular flexibility index (Phi) is 6.47. The van der Waals surface area contributed by atoms with E-state index in [4.69, 9.17) is 0 Å². The summed E-state index contributed by atoms with van der Waals surface area (Å²) >= 11 is 0.641. The first-order chi connectivity index (χ1) is 11.9. The van der Waals surface area contributed by atoms with Gasteiger partial charge < -0.3 is 4.90 Å². The van der Waals surface area contributed by atoms with Crippen LogP contribution in [0, 0.1) is 23.3 Å². The Morgan fingerprint density at radius 2 is 1.44 bits per heavy atom. The highest BCUT2D eigenvalue weighted by Gasteiger charge is 2.31. The molecule has 0 unspecified atom stereocenters. The number of rotatable bonds is 6. The molecule has 0 bridgehead atoms. The molecule has 7 heteroatoms. The predicted molar refractivity (Wildman–Crippen MR) is 89.5 cm³/mol. The zero-order valence-electron chi connectivity index (χ0n) is 13.8. The van der Waals surface area contributed by atoms with Gasteiger partial charge in [0.15, 0.2) is 23.3 Å². The third-order valence-electron chi connectivity index (χ3n) is 3.71. The van der Waals surface area contributed by atoms with Crippen LogP contribution in [0.25, 0.3) is 0 Å². The monoisotopic (exact) mass is 371 g/mol. The van der Waals surface area contributed by atoms with Crippen LogP contribution < -0.4 is 0 Å². The average Bonchev–Trinajstić information content (AvgIpc) is 2.62. The van der Waals surface area contributed by atoms with E-state index < -0.39 is 39.6 Å². The van der Waals surface area contributed by atoms with E-state index in [1.165, 1.54) is 0 Å². The molecule has 0 saturated carbocycles. The lowest BCUT2D eigenvalue weighted by molar-refractivity contribution is 0.0760. The van der Waals surface area contributed by atoms with Gasteiger partial charge in [-0.2, -0.15) is 0 Å². The van der Waals surface area contributed by atoms with Crippen LogP contribution in [-0.4, -0.2) is 23.9 Å². The number of halogens is 4. The van der Waals surface area contributed by atoms with E-state index in [9.17, 15) is 22.4 Å². The van der Waals surface area contributed by atoms with Crippen LogP contribution >= 0.6 is 11.8 Å². The molecule has 1 amide bonds. The van der Waals surface area contributed by atoms with Crippen LogP contribution in [0.2, 0.25) is 0 Å². The van der Waals surface area contributed by atoms with Crippen molar-refractivity contribution in [1.82, 2.24) is 4.90 Å². The summed E-state index contributed by atoms with van der Waals surface area (Å²) in [5.41, 5.74) is -0.446. The lowest BCUT2D eigenvalue weighted by Gasteiger charge is -2.20. The van der Waals surface area contributed by atoms with Gasteiger partial charge >= 0.3 is 0 Å². The highest BCUT2D eigenvalue weighted by Crippen LogP contribution is 2.33. The van der Waals surface area contributed by atoms with Gasteiger partial charge in [0.25, 0.3) is 5.91 Å². The minimum absolute atomic E-state index is 0.136. The third kappa shape index (κ3) is 3.98. The maximum Gasteiger partial charge on any atom is 0.260 e. The SMILES string of the molecule is CCN(CC)C(=O)c1c(F)c(F)c(SCc2ccccc2)c(F)c1F. The maximum absolute atomic E-state index is 14.3. The Labute approximate surface area is 147 Å². The standard InChI is InChI=1S/C18H17F4NOS/c1-3-23(4-2)18(24)12-13(19)15(21)17(16(22)14(12)20)25-10-11-8-6-5-7-9-11/h5-9H,3-4,10H2,1-2H3. The van der Waals surface area contributed by atoms with Crippen molar-refractivity contribution in [3.05, 3.63) is 64.7 Å². The Morgan fingerprint density at radius 1 is 0.920 bits per heavy atom. The van der Waals surface area contributed by atoms with Gasteiger partial charge in [-0.05, 0) is 19.4 Å². The van der Waals surface area contributed by atoms with Gasteiger partial charge in [0, 0.05) is 18.8 Å². The fourth-order valence-corrected chi connectivity index (χ4v) is 3.26. The van der Waals surface area contributed by atoms with E-state index in [1.54, 1.807) is 44.2 Å². The second kappa shape index (κ2) is 8.38. The Hall–Kier alpha value is -2.02. The number of carbonyl (C=O) groups excluding carboxylic acids is 1. The van der Waals surface area contributed by atoms with Crippen LogP contribution in [0.3, 0.4) is 0 Å². The highest BCUT2D eigenvalue weighted by molar-refractivity contribution is 7.98. The van der Waals surface area contributed by atoms with E-state index >= 15 is 0 Å². The van der Waals surface area contributed by atoms with E-state index in [0.29, 0.717) is 11.8 Å². The number of hydrogen-bond acceptors (Lipinski definition) is 2. The first-order valence-electron chi connectivity index (χ1n) is 7.74. The summed E-state index contributed by atoms with van der Waals surface area (Å²) in [4.78, 5) is 12.5. The van der Waals surface area contributed by atoms with Crippen LogP contribution in [0.1, 0.15) is 29.8 Å². The minimum Gasteiger partial charge on any atom is -0.339 e. The quantitative estimate of drug-likeness (QED) is 0.404. The topological polar surface area (TPSA) is 20.3 Å². The number of thioether (sulfide) groups is 1. The van der Waals surface area contributed by atoms with Crippen molar-refractivity contribution in [2.75, 3.05) is 13.1 Å². The highest BCUT2D eigenvalue weighted by atomic mass is 32.2. The van der Waals surface area contributed by atoms with Crippen molar-refractivity contribution < 1.29 is 22.4 Å². The molecule has 0 aliphatic heterocycles. The number of carbonyl (C=O) groups is 1. The Bertz CT molecular complexity index is 734. The molecule has 0 heterocycles. The molecular weight excluding hydrogens is 354 g/mol. The lowest BCUT2D eigenvalue weighted by atomic mass is 10.1. The van der Waals surface area contributed by atoms with Crippen molar-refractivity contribution in [2.45, 2.75) is 24.5 Å². The molecular formula is C18H17F4NOS. The first-order valence-corrected chi connectivity index (χ1v) is 8.72. The van der Waals surface area contributed by atoms with Crippen LogP contribution in [0.15, 0.2) is 35.2 Å². The molecule has 134 valence electrons. The number of amides is 1. The van der Waals surface area contributed by atoms with Gasteiger partial charge in [0.1, 0.15) is 5.56 Å². The fourth-order valence-electron chi connectivity index (χ4n) is 2.32. The van der Waals surface area contributed by atoms with Crippen LogP contribution in [0.4, 0.5) is 17.6 Å². The molecule has 0 radical (unpaired) electrons. The molecule has 0 aliphatic carbocycles. The van der Waals surface area contributed by atoms with Gasteiger partial charge in [-0.1, -0.05) is 30.3 Å². The van der Waals surface area contributed by atoms with E-state index in [1.807, 2.05) is 0 Å². The third-order valence-corrected chi connectivity index (χ3v) is 4.84. The van der Waals surface area contributed by atoms with Crippen molar-refractivity contribution in [2.24, 2.45) is 0 Å². The van der Waals surface area contributed by atoms with Crippen LogP contribution in [-0.2, 0) is 5.75 Å². The van der Waals surface area contributed by atoms with E-state index in [-0.39, 0.29) is 18.8 Å². The first kappa shape index (κ1) is 19.3. The zero-order valence-corrected chi connectivity index (χ0v) is 14.6.